The molecule has 1 aromatic carbocycles. The molecule has 0 bridgehead atoms. The van der Waals surface area contributed by atoms with E-state index in [4.69, 9.17) is 0 Å². The van der Waals surface area contributed by atoms with Gasteiger partial charge in [0.25, 0.3) is 11.5 Å². The van der Waals surface area contributed by atoms with Gasteiger partial charge in [0.2, 0.25) is 5.95 Å². The van der Waals surface area contributed by atoms with Gasteiger partial charge in [-0.25, -0.2) is 14.8 Å². The van der Waals surface area contributed by atoms with Crippen LogP contribution < -0.4 is 21.9 Å². The maximum atomic E-state index is 12.2. The Bertz CT molecular complexity index is 1040. The number of nitrogens with one attached hydrogen (secondary N) is 3. The number of carbonyl (C=O) groups is 1. The molecular formula is C17H18N6O3. The lowest BCUT2D eigenvalue weighted by molar-refractivity contribution is 0.0955. The monoisotopic (exact) mass is 354 g/mol. The second-order valence-corrected chi connectivity index (χ2v) is 5.50. The molecule has 9 nitrogen and oxygen atoms in total. The number of aromatic nitrogens is 4. The van der Waals surface area contributed by atoms with Crippen molar-refractivity contribution in [1.82, 2.24) is 24.8 Å². The number of hydrogen-bond donors (Lipinski definition) is 3. The number of carbonyl (C=O) groups excluding carboxylic acids is 1. The third-order valence-electron chi connectivity index (χ3n) is 3.82. The molecule has 0 atom stereocenters. The summed E-state index contributed by atoms with van der Waals surface area (Å²) < 4.78 is 1.11. The fourth-order valence-electron chi connectivity index (χ4n) is 2.53. The molecule has 0 aliphatic carbocycles. The molecule has 2 aromatic heterocycles. The minimum atomic E-state index is -0.491. The number of aromatic amines is 1. The van der Waals surface area contributed by atoms with Gasteiger partial charge in [0, 0.05) is 37.6 Å². The van der Waals surface area contributed by atoms with Crippen LogP contribution in [0.15, 0.2) is 46.2 Å². The van der Waals surface area contributed by atoms with Gasteiger partial charge in [0.05, 0.1) is 10.9 Å². The highest BCUT2D eigenvalue weighted by molar-refractivity contribution is 5.97. The largest absolute Gasteiger partial charge is 0.352 e. The van der Waals surface area contributed by atoms with Gasteiger partial charge in [0.1, 0.15) is 0 Å². The molecule has 3 N–H and O–H groups in total. The number of hydrogen-bond acceptors (Lipinski definition) is 6. The summed E-state index contributed by atoms with van der Waals surface area (Å²) in [5.74, 6) is 0.181. The summed E-state index contributed by atoms with van der Waals surface area (Å²) in [4.78, 5) is 47.0. The smallest absolute Gasteiger partial charge is 0.328 e. The normalized spacial score (nSPS) is 10.7. The van der Waals surface area contributed by atoms with Crippen molar-refractivity contribution in [1.29, 1.82) is 0 Å². The molecule has 3 rings (SSSR count). The maximum absolute atomic E-state index is 12.2. The van der Waals surface area contributed by atoms with Crippen LogP contribution in [-0.2, 0) is 6.54 Å². The van der Waals surface area contributed by atoms with Crippen molar-refractivity contribution in [3.63, 3.8) is 0 Å². The Morgan fingerprint density at radius 2 is 1.96 bits per heavy atom. The van der Waals surface area contributed by atoms with Gasteiger partial charge in [-0.05, 0) is 31.2 Å². The molecule has 0 saturated carbocycles. The summed E-state index contributed by atoms with van der Waals surface area (Å²) in [6.07, 6.45) is 3.24. The Kier molecular flexibility index (Phi) is 5.07. The van der Waals surface area contributed by atoms with Crippen LogP contribution in [0.5, 0.6) is 0 Å². The van der Waals surface area contributed by atoms with Crippen LogP contribution in [0, 0.1) is 0 Å². The van der Waals surface area contributed by atoms with Crippen LogP contribution in [0.2, 0.25) is 0 Å². The van der Waals surface area contributed by atoms with Crippen molar-refractivity contribution in [3.05, 3.63) is 63.1 Å². The quantitative estimate of drug-likeness (QED) is 0.549. The molecule has 9 heteroatoms. The molecule has 0 fully saturated rings. The number of nitrogens with zero attached hydrogens (tertiary/aromatic N) is 3. The first kappa shape index (κ1) is 17.3. The van der Waals surface area contributed by atoms with Crippen LogP contribution >= 0.6 is 0 Å². The maximum Gasteiger partial charge on any atom is 0.328 e. The van der Waals surface area contributed by atoms with Gasteiger partial charge in [-0.1, -0.05) is 0 Å². The van der Waals surface area contributed by atoms with Gasteiger partial charge < -0.3 is 15.6 Å². The van der Waals surface area contributed by atoms with Crippen molar-refractivity contribution in [2.24, 2.45) is 0 Å². The Labute approximate surface area is 148 Å². The Hall–Kier alpha value is -3.49. The van der Waals surface area contributed by atoms with Crippen LogP contribution in [0.1, 0.15) is 17.3 Å². The van der Waals surface area contributed by atoms with E-state index < -0.39 is 5.69 Å². The molecule has 0 aliphatic heterocycles. The second kappa shape index (κ2) is 7.60. The van der Waals surface area contributed by atoms with Crippen LogP contribution in [-0.4, -0.2) is 38.5 Å². The van der Waals surface area contributed by atoms with Crippen molar-refractivity contribution in [2.45, 2.75) is 13.5 Å². The summed E-state index contributed by atoms with van der Waals surface area (Å²) in [6, 6.07) is 6.32. The minimum Gasteiger partial charge on any atom is -0.352 e. The second-order valence-electron chi connectivity index (χ2n) is 5.50. The van der Waals surface area contributed by atoms with E-state index in [1.54, 1.807) is 37.5 Å². The first-order chi connectivity index (χ1) is 12.6. The molecular weight excluding hydrogens is 336 g/mol. The topological polar surface area (TPSA) is 122 Å². The van der Waals surface area contributed by atoms with E-state index in [0.717, 1.165) is 4.57 Å². The molecule has 0 radical (unpaired) electrons. The van der Waals surface area contributed by atoms with Gasteiger partial charge in [-0.15, -0.1) is 0 Å². The molecule has 2 heterocycles. The Morgan fingerprint density at radius 1 is 1.19 bits per heavy atom. The van der Waals surface area contributed by atoms with Crippen LogP contribution in [0.25, 0.3) is 10.9 Å². The zero-order valence-electron chi connectivity index (χ0n) is 14.2. The fraction of sp³-hybridized carbons (Fsp3) is 0.235. The number of benzene rings is 1. The zero-order chi connectivity index (χ0) is 18.5. The third-order valence-corrected chi connectivity index (χ3v) is 3.82. The van der Waals surface area contributed by atoms with Crippen molar-refractivity contribution in [2.75, 3.05) is 18.4 Å². The molecule has 26 heavy (non-hydrogen) atoms. The number of rotatable bonds is 6. The Balaban J connectivity index is 1.69. The van der Waals surface area contributed by atoms with Crippen molar-refractivity contribution in [3.8, 4) is 0 Å². The van der Waals surface area contributed by atoms with Crippen LogP contribution in [0.4, 0.5) is 5.95 Å². The zero-order valence-corrected chi connectivity index (χ0v) is 14.2. The van der Waals surface area contributed by atoms with Crippen LogP contribution in [0.3, 0.4) is 0 Å². The molecule has 0 saturated heterocycles. The van der Waals surface area contributed by atoms with E-state index >= 15 is 0 Å². The average molecular weight is 354 g/mol. The highest BCUT2D eigenvalue weighted by Gasteiger charge is 2.10. The molecule has 134 valence electrons. The predicted molar refractivity (Wildman–Crippen MR) is 97.4 cm³/mol. The number of anilines is 1. The molecule has 0 aliphatic rings. The summed E-state index contributed by atoms with van der Waals surface area (Å²) >= 11 is 0. The molecule has 1 amide bonds. The van der Waals surface area contributed by atoms with E-state index in [1.165, 1.54) is 6.07 Å². The lowest BCUT2D eigenvalue weighted by Crippen LogP contribution is -2.34. The average Bonchev–Trinajstić information content (AvgIpc) is 2.65. The number of H-pyrrole nitrogens is 1. The molecule has 0 spiro atoms. The summed E-state index contributed by atoms with van der Waals surface area (Å²) in [7, 11) is 0. The predicted octanol–water partition coefficient (Wildman–Crippen LogP) is 0.342. The first-order valence-corrected chi connectivity index (χ1v) is 8.16. The highest BCUT2D eigenvalue weighted by Crippen LogP contribution is 2.09. The van der Waals surface area contributed by atoms with E-state index in [-0.39, 0.29) is 18.0 Å². The minimum absolute atomic E-state index is 0.282. The first-order valence-electron chi connectivity index (χ1n) is 8.16. The lowest BCUT2D eigenvalue weighted by Gasteiger charge is -2.08. The lowest BCUT2D eigenvalue weighted by atomic mass is 10.1. The van der Waals surface area contributed by atoms with Gasteiger partial charge in [-0.2, -0.15) is 0 Å². The van der Waals surface area contributed by atoms with Gasteiger partial charge in [-0.3, -0.25) is 14.2 Å². The summed E-state index contributed by atoms with van der Waals surface area (Å²) in [5, 5.41) is 6.10. The third kappa shape index (κ3) is 3.61. The standard InChI is InChI=1S/C17H18N6O3/c1-2-23-15(25)12-5-4-11(10-13(12)22-17(23)26)14(24)18-8-9-21-16-19-6-3-7-20-16/h3-7,10H,2,8-9H2,1H3,(H,18,24)(H,22,26)(H,19,20,21). The van der Waals surface area contributed by atoms with Crippen molar-refractivity contribution < 1.29 is 4.79 Å². The van der Waals surface area contributed by atoms with Crippen molar-refractivity contribution >= 4 is 22.8 Å². The van der Waals surface area contributed by atoms with Gasteiger partial charge in [0.15, 0.2) is 0 Å². The number of amides is 1. The highest BCUT2D eigenvalue weighted by atomic mass is 16.2. The van der Waals surface area contributed by atoms with E-state index in [9.17, 15) is 14.4 Å². The Morgan fingerprint density at radius 3 is 2.69 bits per heavy atom. The number of fused-ring (bicyclic) bond motifs is 1. The SMILES string of the molecule is CCn1c(=O)[nH]c2cc(C(=O)NCCNc3ncccn3)ccc2c1=O. The molecule has 0 unspecified atom stereocenters. The summed E-state index contributed by atoms with van der Waals surface area (Å²) in [6.45, 7) is 2.83. The summed E-state index contributed by atoms with van der Waals surface area (Å²) in [5.41, 5.74) is -0.161. The fourth-order valence-corrected chi connectivity index (χ4v) is 2.53. The molecule has 3 aromatic rings. The van der Waals surface area contributed by atoms with E-state index in [1.807, 2.05) is 0 Å². The van der Waals surface area contributed by atoms with E-state index in [2.05, 4.69) is 25.6 Å². The van der Waals surface area contributed by atoms with E-state index in [0.29, 0.717) is 35.5 Å². The van der Waals surface area contributed by atoms with Gasteiger partial charge >= 0.3 is 5.69 Å².